The van der Waals surface area contributed by atoms with E-state index in [1.165, 1.54) is 14.2 Å². The highest BCUT2D eigenvalue weighted by Gasteiger charge is 2.46. The molecule has 1 saturated heterocycles. The van der Waals surface area contributed by atoms with Gasteiger partial charge < -0.3 is 28.8 Å². The lowest BCUT2D eigenvalue weighted by molar-refractivity contribution is -0.144. The van der Waals surface area contributed by atoms with Gasteiger partial charge in [-0.2, -0.15) is 0 Å². The molecule has 8 heteroatoms. The number of rotatable bonds is 6. The van der Waals surface area contributed by atoms with Crippen LogP contribution in [-0.4, -0.2) is 44.5 Å². The van der Waals surface area contributed by atoms with Crippen molar-refractivity contribution < 1.29 is 38.4 Å². The van der Waals surface area contributed by atoms with Gasteiger partial charge in [0.2, 0.25) is 6.79 Å². The van der Waals surface area contributed by atoms with Crippen molar-refractivity contribution in [3.8, 4) is 23.0 Å². The third-order valence-electron chi connectivity index (χ3n) is 5.19. The SMILES string of the molecule is COc1ccc(C(=O)[C@@H]2COC(=O)[C@H]2[C@@H](O)c2ccc3c(c2)OCO3)cc1OC. The van der Waals surface area contributed by atoms with Crippen LogP contribution in [0.5, 0.6) is 23.0 Å². The fourth-order valence-electron chi connectivity index (χ4n) is 3.63. The Morgan fingerprint density at radius 3 is 2.55 bits per heavy atom. The van der Waals surface area contributed by atoms with Crippen LogP contribution >= 0.6 is 0 Å². The Morgan fingerprint density at radius 1 is 1.03 bits per heavy atom. The van der Waals surface area contributed by atoms with Gasteiger partial charge in [-0.25, -0.2) is 0 Å². The first-order valence-corrected chi connectivity index (χ1v) is 9.04. The Hall–Kier alpha value is -3.26. The number of ether oxygens (including phenoxy) is 5. The molecule has 29 heavy (non-hydrogen) atoms. The number of cyclic esters (lactones) is 1. The van der Waals surface area contributed by atoms with Crippen LogP contribution < -0.4 is 18.9 Å². The van der Waals surface area contributed by atoms with Crippen molar-refractivity contribution in [2.24, 2.45) is 11.8 Å². The van der Waals surface area contributed by atoms with Gasteiger partial charge in [0.25, 0.3) is 0 Å². The lowest BCUT2D eigenvalue weighted by atomic mass is 9.82. The van der Waals surface area contributed by atoms with E-state index >= 15 is 0 Å². The van der Waals surface area contributed by atoms with Gasteiger partial charge in [-0.15, -0.1) is 0 Å². The highest BCUT2D eigenvalue weighted by Crippen LogP contribution is 2.40. The molecule has 0 radical (unpaired) electrons. The summed E-state index contributed by atoms with van der Waals surface area (Å²) in [4.78, 5) is 25.5. The number of hydrogen-bond acceptors (Lipinski definition) is 8. The van der Waals surface area contributed by atoms with Crippen LogP contribution in [0, 0.1) is 11.8 Å². The summed E-state index contributed by atoms with van der Waals surface area (Å²) in [5.74, 6) is -0.868. The molecular formula is C21H20O8. The standard InChI is InChI=1S/C21H20O8/c1-25-14-5-3-11(7-16(14)26-2)19(22)13-9-27-21(24)18(13)20(23)12-4-6-15-17(8-12)29-10-28-15/h3-8,13,18,20,23H,9-10H2,1-2H3/t13-,18-,20+/m1/s1. The zero-order valence-electron chi connectivity index (χ0n) is 15.9. The third kappa shape index (κ3) is 3.36. The van der Waals surface area contributed by atoms with E-state index in [2.05, 4.69) is 0 Å². The van der Waals surface area contributed by atoms with E-state index in [-0.39, 0.29) is 19.2 Å². The zero-order valence-corrected chi connectivity index (χ0v) is 15.9. The summed E-state index contributed by atoms with van der Waals surface area (Å²) in [5.41, 5.74) is 0.789. The largest absolute Gasteiger partial charge is 0.493 e. The van der Waals surface area contributed by atoms with Gasteiger partial charge in [-0.1, -0.05) is 6.07 Å². The van der Waals surface area contributed by atoms with Gasteiger partial charge >= 0.3 is 5.97 Å². The van der Waals surface area contributed by atoms with Gasteiger partial charge in [0.15, 0.2) is 28.8 Å². The molecule has 0 spiro atoms. The van der Waals surface area contributed by atoms with E-state index in [1.807, 2.05) is 0 Å². The minimum Gasteiger partial charge on any atom is -0.493 e. The van der Waals surface area contributed by atoms with E-state index in [1.54, 1.807) is 36.4 Å². The van der Waals surface area contributed by atoms with E-state index in [0.29, 0.717) is 34.1 Å². The van der Waals surface area contributed by atoms with Gasteiger partial charge in [-0.05, 0) is 35.9 Å². The lowest BCUT2D eigenvalue weighted by Gasteiger charge is -2.21. The topological polar surface area (TPSA) is 101 Å². The number of carbonyl (C=O) groups is 2. The Labute approximate surface area is 166 Å². The Morgan fingerprint density at radius 2 is 1.79 bits per heavy atom. The summed E-state index contributed by atoms with van der Waals surface area (Å²) in [6.45, 7) is -0.000937. The molecule has 3 atom stereocenters. The molecule has 0 aromatic heterocycles. The van der Waals surface area contributed by atoms with Crippen LogP contribution in [0.25, 0.3) is 0 Å². The van der Waals surface area contributed by atoms with Crippen LogP contribution in [0.2, 0.25) is 0 Å². The number of aliphatic hydroxyl groups is 1. The minimum absolute atomic E-state index is 0.0980. The number of hydrogen-bond donors (Lipinski definition) is 1. The van der Waals surface area contributed by atoms with Gasteiger partial charge in [0.05, 0.1) is 26.2 Å². The smallest absolute Gasteiger partial charge is 0.312 e. The molecule has 0 bridgehead atoms. The van der Waals surface area contributed by atoms with Crippen LogP contribution in [0.4, 0.5) is 0 Å². The number of benzene rings is 2. The van der Waals surface area contributed by atoms with Crippen molar-refractivity contribution in [1.82, 2.24) is 0 Å². The normalized spacial score (nSPS) is 20.9. The highest BCUT2D eigenvalue weighted by molar-refractivity contribution is 6.01. The second-order valence-electron chi connectivity index (χ2n) is 6.75. The van der Waals surface area contributed by atoms with Crippen LogP contribution in [-0.2, 0) is 9.53 Å². The number of esters is 1. The van der Waals surface area contributed by atoms with Crippen molar-refractivity contribution in [2.75, 3.05) is 27.6 Å². The van der Waals surface area contributed by atoms with Crippen LogP contribution in [0.1, 0.15) is 22.0 Å². The fraction of sp³-hybridized carbons (Fsp3) is 0.333. The summed E-state index contributed by atoms with van der Waals surface area (Å²) >= 11 is 0. The summed E-state index contributed by atoms with van der Waals surface area (Å²) < 4.78 is 26.2. The molecule has 4 rings (SSSR count). The molecule has 152 valence electrons. The molecule has 1 fully saturated rings. The molecule has 8 nitrogen and oxygen atoms in total. The second-order valence-corrected chi connectivity index (χ2v) is 6.75. The average Bonchev–Trinajstić information content (AvgIpc) is 3.37. The molecule has 2 aliphatic heterocycles. The number of ketones is 1. The fourth-order valence-corrected chi connectivity index (χ4v) is 3.63. The number of methoxy groups -OCH3 is 2. The van der Waals surface area contributed by atoms with E-state index in [0.717, 1.165) is 0 Å². The number of carbonyl (C=O) groups excluding carboxylic acids is 2. The molecular weight excluding hydrogens is 380 g/mol. The summed E-state index contributed by atoms with van der Waals surface area (Å²) in [6, 6.07) is 9.67. The molecule has 2 aromatic carbocycles. The van der Waals surface area contributed by atoms with Crippen molar-refractivity contribution in [3.63, 3.8) is 0 Å². The maximum Gasteiger partial charge on any atom is 0.312 e. The Bertz CT molecular complexity index is 954. The summed E-state index contributed by atoms with van der Waals surface area (Å²) in [5, 5.41) is 10.9. The van der Waals surface area contributed by atoms with Crippen molar-refractivity contribution in [2.45, 2.75) is 6.10 Å². The maximum absolute atomic E-state index is 13.1. The minimum atomic E-state index is -1.23. The molecule has 0 unspecified atom stereocenters. The molecule has 2 heterocycles. The predicted molar refractivity (Wildman–Crippen MR) is 99.3 cm³/mol. The number of aliphatic hydroxyl groups excluding tert-OH is 1. The van der Waals surface area contributed by atoms with Gasteiger partial charge in [-0.3, -0.25) is 9.59 Å². The van der Waals surface area contributed by atoms with E-state index in [9.17, 15) is 14.7 Å². The molecule has 0 aliphatic carbocycles. The first-order chi connectivity index (χ1) is 14.0. The highest BCUT2D eigenvalue weighted by atomic mass is 16.7. The number of fused-ring (bicyclic) bond motifs is 1. The summed E-state index contributed by atoms with van der Waals surface area (Å²) in [6.07, 6.45) is -1.23. The Kier molecular flexibility index (Phi) is 5.02. The monoisotopic (exact) mass is 400 g/mol. The maximum atomic E-state index is 13.1. The zero-order chi connectivity index (χ0) is 20.5. The van der Waals surface area contributed by atoms with E-state index in [4.69, 9.17) is 23.7 Å². The van der Waals surface area contributed by atoms with Gasteiger partial charge in [0.1, 0.15) is 12.5 Å². The van der Waals surface area contributed by atoms with Crippen LogP contribution in [0.15, 0.2) is 36.4 Å². The van der Waals surface area contributed by atoms with Crippen molar-refractivity contribution >= 4 is 11.8 Å². The molecule has 0 saturated carbocycles. The molecule has 1 N–H and O–H groups in total. The first kappa shape index (κ1) is 19.1. The van der Waals surface area contributed by atoms with Gasteiger partial charge in [0, 0.05) is 5.56 Å². The van der Waals surface area contributed by atoms with Crippen LogP contribution in [0.3, 0.4) is 0 Å². The quantitative estimate of drug-likeness (QED) is 0.582. The average molecular weight is 400 g/mol. The number of Topliss-reactive ketones (excluding diaryl/α,β-unsaturated/α-hetero) is 1. The molecule has 0 amide bonds. The molecule has 2 aliphatic rings. The third-order valence-corrected chi connectivity index (χ3v) is 5.19. The molecule has 2 aromatic rings. The summed E-state index contributed by atoms with van der Waals surface area (Å²) in [7, 11) is 2.97. The first-order valence-electron chi connectivity index (χ1n) is 9.04. The second kappa shape index (κ2) is 7.63. The van der Waals surface area contributed by atoms with Crippen molar-refractivity contribution in [3.05, 3.63) is 47.5 Å². The van der Waals surface area contributed by atoms with E-state index < -0.39 is 23.9 Å². The Balaban J connectivity index is 1.61. The van der Waals surface area contributed by atoms with Crippen molar-refractivity contribution in [1.29, 1.82) is 0 Å². The lowest BCUT2D eigenvalue weighted by Crippen LogP contribution is -2.29. The predicted octanol–water partition coefficient (Wildman–Crippen LogP) is 2.14.